The largest absolute Gasteiger partial charge is 0.492 e. The van der Waals surface area contributed by atoms with Crippen LogP contribution in [0.25, 0.3) is 0 Å². The van der Waals surface area contributed by atoms with Gasteiger partial charge in [-0.1, -0.05) is 24.3 Å². The zero-order valence-corrected chi connectivity index (χ0v) is 18.5. The number of benzene rings is 2. The number of ether oxygens (including phenoxy) is 3. The molecule has 1 unspecified atom stereocenters. The van der Waals surface area contributed by atoms with E-state index in [4.69, 9.17) is 14.2 Å². The minimum absolute atomic E-state index is 0.180. The third-order valence-corrected chi connectivity index (χ3v) is 4.69. The molecule has 0 bridgehead atoms. The lowest BCUT2D eigenvalue weighted by Crippen LogP contribution is -2.40. The number of rotatable bonds is 12. The molecule has 0 saturated heterocycles. The SMILES string of the molecule is CCOc1ccccc1N(CC)C(=O)C(C)Oc1ccc(C[C@H](OCC)C(=O)O)cc1. The minimum atomic E-state index is -0.992. The molecule has 0 heterocycles. The summed E-state index contributed by atoms with van der Waals surface area (Å²) < 4.78 is 16.8. The van der Waals surface area contributed by atoms with Gasteiger partial charge in [-0.25, -0.2) is 4.79 Å². The van der Waals surface area contributed by atoms with Crippen molar-refractivity contribution in [2.45, 2.75) is 46.3 Å². The third-order valence-electron chi connectivity index (χ3n) is 4.69. The molecule has 2 rings (SSSR count). The number of amides is 1. The Kier molecular flexibility index (Phi) is 9.34. The van der Waals surface area contributed by atoms with Crippen molar-refractivity contribution in [1.82, 2.24) is 0 Å². The van der Waals surface area contributed by atoms with Crippen molar-refractivity contribution < 1.29 is 28.9 Å². The quantitative estimate of drug-likeness (QED) is 0.550. The van der Waals surface area contributed by atoms with Crippen molar-refractivity contribution in [3.05, 3.63) is 54.1 Å². The van der Waals surface area contributed by atoms with Gasteiger partial charge in [-0.15, -0.1) is 0 Å². The molecule has 0 aliphatic heterocycles. The molecule has 0 radical (unpaired) electrons. The highest BCUT2D eigenvalue weighted by molar-refractivity contribution is 5.97. The van der Waals surface area contributed by atoms with Crippen LogP contribution in [0.2, 0.25) is 0 Å². The number of hydrogen-bond acceptors (Lipinski definition) is 5. The summed E-state index contributed by atoms with van der Waals surface area (Å²) in [6, 6.07) is 14.5. The molecule has 168 valence electrons. The fourth-order valence-electron chi connectivity index (χ4n) is 3.21. The molecule has 0 aliphatic rings. The number of carbonyl (C=O) groups excluding carboxylic acids is 1. The van der Waals surface area contributed by atoms with E-state index in [1.54, 1.807) is 43.0 Å². The standard InChI is InChI=1S/C24H31NO6/c1-5-25(20-10-8-9-11-21(20)29-6-2)23(26)17(4)31-19-14-12-18(13-15-19)16-22(24(27)28)30-7-3/h8-15,17,22H,5-7,16H2,1-4H3,(H,27,28)/t17?,22-/m0/s1. The van der Waals surface area contributed by atoms with Gasteiger partial charge in [0.15, 0.2) is 12.2 Å². The highest BCUT2D eigenvalue weighted by Gasteiger charge is 2.25. The van der Waals surface area contributed by atoms with Gasteiger partial charge in [-0.05, 0) is 57.5 Å². The lowest BCUT2D eigenvalue weighted by atomic mass is 10.1. The van der Waals surface area contributed by atoms with E-state index in [2.05, 4.69) is 0 Å². The van der Waals surface area contributed by atoms with Crippen LogP contribution < -0.4 is 14.4 Å². The average molecular weight is 430 g/mol. The van der Waals surface area contributed by atoms with Crippen molar-refractivity contribution in [3.8, 4) is 11.5 Å². The van der Waals surface area contributed by atoms with Crippen LogP contribution in [0.1, 0.15) is 33.3 Å². The van der Waals surface area contributed by atoms with Gasteiger partial charge in [0.05, 0.1) is 12.3 Å². The van der Waals surface area contributed by atoms with Crippen LogP contribution >= 0.6 is 0 Å². The van der Waals surface area contributed by atoms with Crippen LogP contribution in [0.3, 0.4) is 0 Å². The number of carbonyl (C=O) groups is 2. The average Bonchev–Trinajstić information content (AvgIpc) is 2.76. The Morgan fingerprint density at radius 3 is 2.26 bits per heavy atom. The second-order valence-electron chi connectivity index (χ2n) is 6.87. The minimum Gasteiger partial charge on any atom is -0.492 e. The molecule has 1 amide bonds. The van der Waals surface area contributed by atoms with Crippen molar-refractivity contribution in [2.75, 3.05) is 24.7 Å². The zero-order valence-electron chi connectivity index (χ0n) is 18.5. The van der Waals surface area contributed by atoms with E-state index >= 15 is 0 Å². The summed E-state index contributed by atoms with van der Waals surface area (Å²) in [5, 5.41) is 9.22. The summed E-state index contributed by atoms with van der Waals surface area (Å²) in [5.41, 5.74) is 1.52. The Balaban J connectivity index is 2.07. The lowest BCUT2D eigenvalue weighted by molar-refractivity contribution is -0.150. The molecule has 7 heteroatoms. The Hall–Kier alpha value is -3.06. The van der Waals surface area contributed by atoms with Crippen LogP contribution in [0.4, 0.5) is 5.69 Å². The summed E-state index contributed by atoms with van der Waals surface area (Å²) in [7, 11) is 0. The molecule has 2 aromatic rings. The van der Waals surface area contributed by atoms with Crippen LogP contribution in [-0.2, 0) is 20.7 Å². The van der Waals surface area contributed by atoms with E-state index in [0.29, 0.717) is 36.9 Å². The predicted molar refractivity (Wildman–Crippen MR) is 119 cm³/mol. The summed E-state index contributed by atoms with van der Waals surface area (Å²) in [4.78, 5) is 26.0. The highest BCUT2D eigenvalue weighted by Crippen LogP contribution is 2.29. The normalized spacial score (nSPS) is 12.6. The first-order chi connectivity index (χ1) is 14.9. The second-order valence-corrected chi connectivity index (χ2v) is 6.87. The van der Waals surface area contributed by atoms with E-state index in [0.717, 1.165) is 5.56 Å². The first-order valence-electron chi connectivity index (χ1n) is 10.5. The van der Waals surface area contributed by atoms with Gasteiger partial charge in [0.2, 0.25) is 0 Å². The van der Waals surface area contributed by atoms with E-state index in [-0.39, 0.29) is 12.3 Å². The van der Waals surface area contributed by atoms with Gasteiger partial charge in [0.25, 0.3) is 5.91 Å². The number of hydrogen-bond donors (Lipinski definition) is 1. The maximum Gasteiger partial charge on any atom is 0.333 e. The first kappa shape index (κ1) is 24.2. The summed E-state index contributed by atoms with van der Waals surface area (Å²) >= 11 is 0. The van der Waals surface area contributed by atoms with Crippen LogP contribution in [0, 0.1) is 0 Å². The fraction of sp³-hybridized carbons (Fsp3) is 0.417. The fourth-order valence-corrected chi connectivity index (χ4v) is 3.21. The van der Waals surface area contributed by atoms with Gasteiger partial charge in [-0.2, -0.15) is 0 Å². The maximum absolute atomic E-state index is 13.1. The van der Waals surface area contributed by atoms with Crippen molar-refractivity contribution in [1.29, 1.82) is 0 Å². The van der Waals surface area contributed by atoms with Gasteiger partial charge in [-0.3, -0.25) is 4.79 Å². The lowest BCUT2D eigenvalue weighted by Gasteiger charge is -2.26. The molecule has 31 heavy (non-hydrogen) atoms. The van der Waals surface area contributed by atoms with E-state index in [1.165, 1.54) is 0 Å². The summed E-state index contributed by atoms with van der Waals surface area (Å²) in [6.45, 7) is 8.58. The van der Waals surface area contributed by atoms with E-state index in [9.17, 15) is 14.7 Å². The Morgan fingerprint density at radius 2 is 1.68 bits per heavy atom. The number of anilines is 1. The zero-order chi connectivity index (χ0) is 22.8. The van der Waals surface area contributed by atoms with Crippen LogP contribution in [0.15, 0.2) is 48.5 Å². The molecule has 1 N–H and O–H groups in total. The Bertz CT molecular complexity index is 851. The van der Waals surface area contributed by atoms with Crippen LogP contribution in [-0.4, -0.2) is 48.9 Å². The number of likely N-dealkylation sites (N-methyl/N-ethyl adjacent to an activating group) is 1. The van der Waals surface area contributed by atoms with Crippen molar-refractivity contribution in [3.63, 3.8) is 0 Å². The summed E-state index contributed by atoms with van der Waals surface area (Å²) in [6.07, 6.45) is -1.34. The van der Waals surface area contributed by atoms with Gasteiger partial charge in [0.1, 0.15) is 11.5 Å². The molecule has 0 saturated carbocycles. The molecular formula is C24H31NO6. The molecule has 0 fully saturated rings. The van der Waals surface area contributed by atoms with Gasteiger partial charge < -0.3 is 24.2 Å². The topological polar surface area (TPSA) is 85.3 Å². The number of carboxylic acids is 1. The maximum atomic E-state index is 13.1. The predicted octanol–water partition coefficient (Wildman–Crippen LogP) is 3.94. The highest BCUT2D eigenvalue weighted by atomic mass is 16.5. The number of carboxylic acid groups (broad SMARTS) is 1. The Labute approximate surface area is 183 Å². The molecule has 0 aliphatic carbocycles. The molecule has 7 nitrogen and oxygen atoms in total. The third kappa shape index (κ3) is 6.72. The van der Waals surface area contributed by atoms with Gasteiger partial charge >= 0.3 is 5.97 Å². The van der Waals surface area contributed by atoms with Crippen LogP contribution in [0.5, 0.6) is 11.5 Å². The van der Waals surface area contributed by atoms with Crippen molar-refractivity contribution >= 4 is 17.6 Å². The number of para-hydroxylation sites is 2. The molecule has 2 aromatic carbocycles. The second kappa shape index (κ2) is 12.0. The smallest absolute Gasteiger partial charge is 0.333 e. The molecule has 0 spiro atoms. The molecule has 2 atom stereocenters. The van der Waals surface area contributed by atoms with Gasteiger partial charge in [0, 0.05) is 19.6 Å². The summed E-state index contributed by atoms with van der Waals surface area (Å²) in [5.74, 6) is 0.00969. The van der Waals surface area contributed by atoms with E-state index < -0.39 is 18.2 Å². The molecule has 0 aromatic heterocycles. The van der Waals surface area contributed by atoms with Crippen molar-refractivity contribution in [2.24, 2.45) is 0 Å². The Morgan fingerprint density at radius 1 is 1.00 bits per heavy atom. The monoisotopic (exact) mass is 429 g/mol. The number of aliphatic carboxylic acids is 1. The molecular weight excluding hydrogens is 398 g/mol. The van der Waals surface area contributed by atoms with E-state index in [1.807, 2.05) is 38.1 Å². The number of nitrogens with zero attached hydrogens (tertiary/aromatic N) is 1. The first-order valence-corrected chi connectivity index (χ1v) is 10.5.